The maximum atomic E-state index is 12.3. The number of benzene rings is 1. The number of anilines is 2. The van der Waals surface area contributed by atoms with E-state index in [1.807, 2.05) is 24.3 Å². The molecule has 0 atom stereocenters. The summed E-state index contributed by atoms with van der Waals surface area (Å²) in [6, 6.07) is 12.9. The van der Waals surface area contributed by atoms with Crippen LogP contribution in [-0.2, 0) is 6.54 Å². The molecule has 0 aliphatic carbocycles. The van der Waals surface area contributed by atoms with Crippen molar-refractivity contribution in [2.75, 3.05) is 5.32 Å². The molecule has 0 unspecified atom stereocenters. The zero-order valence-electron chi connectivity index (χ0n) is 12.9. The number of carbonyl (C=O) groups is 1. The lowest BCUT2D eigenvalue weighted by molar-refractivity contribution is 0.0942. The summed E-state index contributed by atoms with van der Waals surface area (Å²) in [5.74, 6) is 1.47. The number of amides is 1. The van der Waals surface area contributed by atoms with Gasteiger partial charge in [-0.15, -0.1) is 0 Å². The quantitative estimate of drug-likeness (QED) is 0.696. The molecule has 1 amide bonds. The summed E-state index contributed by atoms with van der Waals surface area (Å²) < 4.78 is 6.15. The van der Waals surface area contributed by atoms with Gasteiger partial charge in [-0.3, -0.25) is 4.79 Å². The third-order valence-corrected chi connectivity index (χ3v) is 3.66. The van der Waals surface area contributed by atoms with Crippen molar-refractivity contribution < 1.29 is 9.21 Å². The highest BCUT2D eigenvalue weighted by molar-refractivity contribution is 9.10. The van der Waals surface area contributed by atoms with Gasteiger partial charge >= 0.3 is 0 Å². The molecule has 0 spiro atoms. The van der Waals surface area contributed by atoms with E-state index in [-0.39, 0.29) is 5.91 Å². The molecule has 7 heteroatoms. The van der Waals surface area contributed by atoms with Crippen LogP contribution in [0.1, 0.15) is 22.1 Å². The molecule has 0 fully saturated rings. The molecule has 0 saturated heterocycles. The first-order valence-electron chi connectivity index (χ1n) is 7.29. The zero-order valence-corrected chi connectivity index (χ0v) is 14.5. The molecule has 3 aromatic rings. The minimum atomic E-state index is -0.283. The van der Waals surface area contributed by atoms with Crippen molar-refractivity contribution in [1.82, 2.24) is 15.3 Å². The molecule has 0 bridgehead atoms. The second-order valence-corrected chi connectivity index (χ2v) is 6.00. The van der Waals surface area contributed by atoms with Crippen LogP contribution in [0.2, 0.25) is 0 Å². The van der Waals surface area contributed by atoms with Gasteiger partial charge in [-0.2, -0.15) is 0 Å². The lowest BCUT2D eigenvalue weighted by Gasteiger charge is -2.09. The molecule has 1 aromatic carbocycles. The highest BCUT2D eigenvalue weighted by atomic mass is 79.9. The Hall–Kier alpha value is -2.67. The van der Waals surface area contributed by atoms with Gasteiger partial charge < -0.3 is 15.1 Å². The van der Waals surface area contributed by atoms with E-state index in [1.165, 1.54) is 0 Å². The fourth-order valence-electron chi connectivity index (χ4n) is 2.13. The van der Waals surface area contributed by atoms with Gasteiger partial charge in [0.1, 0.15) is 23.1 Å². The van der Waals surface area contributed by atoms with Crippen LogP contribution in [-0.4, -0.2) is 15.9 Å². The van der Waals surface area contributed by atoms with Crippen molar-refractivity contribution in [3.63, 3.8) is 0 Å². The molecule has 122 valence electrons. The highest BCUT2D eigenvalue weighted by Crippen LogP contribution is 2.19. The van der Waals surface area contributed by atoms with Crippen LogP contribution >= 0.6 is 15.9 Å². The van der Waals surface area contributed by atoms with E-state index in [0.29, 0.717) is 29.6 Å². The molecule has 2 N–H and O–H groups in total. The largest absolute Gasteiger partial charge is 0.467 e. The smallest absolute Gasteiger partial charge is 0.270 e. The van der Waals surface area contributed by atoms with E-state index < -0.39 is 0 Å². The molecule has 0 radical (unpaired) electrons. The number of aryl methyl sites for hydroxylation is 1. The zero-order chi connectivity index (χ0) is 16.9. The predicted octanol–water partition coefficient (Wildman–Crippen LogP) is 3.81. The number of halogens is 1. The number of nitrogens with one attached hydrogen (secondary N) is 2. The third-order valence-electron chi connectivity index (χ3n) is 3.17. The van der Waals surface area contributed by atoms with E-state index in [2.05, 4.69) is 36.5 Å². The number of hydrogen-bond acceptors (Lipinski definition) is 5. The van der Waals surface area contributed by atoms with Gasteiger partial charge in [0, 0.05) is 16.2 Å². The molecule has 6 nitrogen and oxygen atoms in total. The highest BCUT2D eigenvalue weighted by Gasteiger charge is 2.11. The number of aromatic nitrogens is 2. The topological polar surface area (TPSA) is 80.0 Å². The number of hydrogen-bond donors (Lipinski definition) is 2. The van der Waals surface area contributed by atoms with Crippen molar-refractivity contribution in [1.29, 1.82) is 0 Å². The molecule has 24 heavy (non-hydrogen) atoms. The number of rotatable bonds is 5. The van der Waals surface area contributed by atoms with Crippen molar-refractivity contribution in [3.05, 3.63) is 70.5 Å². The summed E-state index contributed by atoms with van der Waals surface area (Å²) in [6.45, 7) is 2.05. The maximum absolute atomic E-state index is 12.3. The van der Waals surface area contributed by atoms with Crippen LogP contribution in [0, 0.1) is 6.92 Å². The Morgan fingerprint density at radius 2 is 2.08 bits per heavy atom. The predicted molar refractivity (Wildman–Crippen MR) is 94.1 cm³/mol. The number of nitrogens with zero attached hydrogens (tertiary/aromatic N) is 2. The van der Waals surface area contributed by atoms with Crippen LogP contribution in [0.3, 0.4) is 0 Å². The Morgan fingerprint density at radius 1 is 1.21 bits per heavy atom. The normalized spacial score (nSPS) is 10.4. The van der Waals surface area contributed by atoms with Gasteiger partial charge in [0.25, 0.3) is 5.91 Å². The van der Waals surface area contributed by atoms with E-state index in [4.69, 9.17) is 4.42 Å². The number of furan rings is 1. The number of carbonyl (C=O) groups excluding carboxylic acids is 1. The summed E-state index contributed by atoms with van der Waals surface area (Å²) in [4.78, 5) is 20.8. The molecular formula is C17H15BrN4O2. The van der Waals surface area contributed by atoms with Crippen LogP contribution < -0.4 is 10.6 Å². The average molecular weight is 387 g/mol. The maximum Gasteiger partial charge on any atom is 0.270 e. The molecule has 0 saturated carbocycles. The Kier molecular flexibility index (Phi) is 4.90. The van der Waals surface area contributed by atoms with Crippen molar-refractivity contribution in [2.45, 2.75) is 13.5 Å². The average Bonchev–Trinajstić information content (AvgIpc) is 3.05. The second kappa shape index (κ2) is 7.27. The van der Waals surface area contributed by atoms with Gasteiger partial charge in [-0.05, 0) is 37.3 Å². The van der Waals surface area contributed by atoms with E-state index in [9.17, 15) is 4.79 Å². The first-order chi connectivity index (χ1) is 11.6. The lowest BCUT2D eigenvalue weighted by Crippen LogP contribution is -2.24. The van der Waals surface area contributed by atoms with Gasteiger partial charge in [0.2, 0.25) is 0 Å². The Balaban J connectivity index is 1.74. The lowest BCUT2D eigenvalue weighted by atomic mass is 10.3. The molecule has 2 heterocycles. The Bertz CT molecular complexity index is 850. The van der Waals surface area contributed by atoms with Gasteiger partial charge in [0.05, 0.1) is 12.8 Å². The van der Waals surface area contributed by atoms with Crippen LogP contribution in [0.4, 0.5) is 11.5 Å². The summed E-state index contributed by atoms with van der Waals surface area (Å²) in [5.41, 5.74) is 1.16. The Labute approximate surface area is 147 Å². The van der Waals surface area contributed by atoms with Crippen LogP contribution in [0.5, 0.6) is 0 Å². The third kappa shape index (κ3) is 4.20. The Morgan fingerprint density at radius 3 is 2.83 bits per heavy atom. The first-order valence-corrected chi connectivity index (χ1v) is 8.08. The summed E-state index contributed by atoms with van der Waals surface area (Å²) in [6.07, 6.45) is 1.57. The fraction of sp³-hybridized carbons (Fsp3) is 0.118. The van der Waals surface area contributed by atoms with Crippen molar-refractivity contribution in [2.24, 2.45) is 0 Å². The summed E-state index contributed by atoms with van der Waals surface area (Å²) in [7, 11) is 0. The minimum Gasteiger partial charge on any atom is -0.467 e. The first kappa shape index (κ1) is 16.2. The van der Waals surface area contributed by atoms with E-state index >= 15 is 0 Å². The van der Waals surface area contributed by atoms with Gasteiger partial charge in [-0.25, -0.2) is 9.97 Å². The van der Waals surface area contributed by atoms with Gasteiger partial charge in [-0.1, -0.05) is 22.0 Å². The van der Waals surface area contributed by atoms with Crippen LogP contribution in [0.15, 0.2) is 57.6 Å². The molecule has 0 aliphatic rings. The molecule has 3 rings (SSSR count). The molecule has 0 aliphatic heterocycles. The van der Waals surface area contributed by atoms with E-state index in [1.54, 1.807) is 31.4 Å². The van der Waals surface area contributed by atoms with Crippen molar-refractivity contribution in [3.8, 4) is 0 Å². The van der Waals surface area contributed by atoms with Crippen molar-refractivity contribution >= 4 is 33.3 Å². The van der Waals surface area contributed by atoms with Crippen LogP contribution in [0.25, 0.3) is 0 Å². The minimum absolute atomic E-state index is 0.283. The second-order valence-electron chi connectivity index (χ2n) is 5.08. The van der Waals surface area contributed by atoms with E-state index in [0.717, 1.165) is 10.2 Å². The molecule has 2 aromatic heterocycles. The summed E-state index contributed by atoms with van der Waals surface area (Å²) >= 11 is 3.42. The van der Waals surface area contributed by atoms with Gasteiger partial charge in [0.15, 0.2) is 0 Å². The molecular weight excluding hydrogens is 372 g/mol. The standard InChI is InChI=1S/C17H15BrN4O2/c1-11-20-15(17(23)19-10-14-6-3-7-24-14)9-16(21-11)22-13-5-2-4-12(18)8-13/h2-9H,10H2,1H3,(H,19,23)(H,20,21,22). The SMILES string of the molecule is Cc1nc(Nc2cccc(Br)c2)cc(C(=O)NCc2ccco2)n1. The fourth-order valence-corrected chi connectivity index (χ4v) is 2.53. The summed E-state index contributed by atoms with van der Waals surface area (Å²) in [5, 5.41) is 5.94. The monoisotopic (exact) mass is 386 g/mol.